The molecule has 3 aliphatic rings. The highest BCUT2D eigenvalue weighted by atomic mass is 19.4. The first kappa shape index (κ1) is 41.2. The number of hydrogen-bond acceptors (Lipinski definition) is 8. The zero-order valence-corrected chi connectivity index (χ0v) is 31.7. The quantitative estimate of drug-likeness (QED) is 0.142. The third-order valence-corrected chi connectivity index (χ3v) is 11.5. The molecule has 1 aromatic heterocycles. The molecule has 1 aliphatic carbocycles. The van der Waals surface area contributed by atoms with Crippen molar-refractivity contribution < 1.29 is 45.4 Å². The van der Waals surface area contributed by atoms with E-state index < -0.39 is 29.5 Å². The second-order valence-corrected chi connectivity index (χ2v) is 15.2. The summed E-state index contributed by atoms with van der Waals surface area (Å²) in [6.07, 6.45) is -1.83. The van der Waals surface area contributed by atoms with E-state index >= 15 is 0 Å². The van der Waals surface area contributed by atoms with Gasteiger partial charge in [0.25, 0.3) is 0 Å². The lowest BCUT2D eigenvalue weighted by atomic mass is 9.78. The molecule has 2 saturated heterocycles. The van der Waals surface area contributed by atoms with Crippen LogP contribution in [0.15, 0.2) is 60.9 Å². The van der Waals surface area contributed by atoms with Crippen LogP contribution in [0.4, 0.5) is 38.0 Å². The summed E-state index contributed by atoms with van der Waals surface area (Å²) in [4.78, 5) is 41.6. The van der Waals surface area contributed by atoms with E-state index in [2.05, 4.69) is 14.9 Å². The van der Waals surface area contributed by atoms with Gasteiger partial charge in [0, 0.05) is 50.1 Å². The van der Waals surface area contributed by atoms with Gasteiger partial charge in [-0.2, -0.15) is 26.3 Å². The van der Waals surface area contributed by atoms with E-state index in [1.807, 2.05) is 42.2 Å². The number of likely N-dealkylation sites (tertiary alicyclic amines) is 1. The highest BCUT2D eigenvalue weighted by Gasteiger charge is 2.44. The number of anilines is 2. The van der Waals surface area contributed by atoms with Gasteiger partial charge in [0.2, 0.25) is 11.9 Å². The average Bonchev–Trinajstić information content (AvgIpc) is 3.19. The van der Waals surface area contributed by atoms with Gasteiger partial charge in [-0.3, -0.25) is 9.59 Å². The third-order valence-electron chi connectivity index (χ3n) is 11.5. The van der Waals surface area contributed by atoms with Gasteiger partial charge in [0.15, 0.2) is 0 Å². The molecule has 15 heteroatoms. The van der Waals surface area contributed by atoms with Crippen LogP contribution in [0.5, 0.6) is 0 Å². The number of amides is 1. The number of rotatable bonds is 11. The molecule has 6 rings (SSSR count). The maximum absolute atomic E-state index is 14.6. The van der Waals surface area contributed by atoms with Gasteiger partial charge in [-0.1, -0.05) is 37.3 Å². The molecule has 304 valence electrons. The third kappa shape index (κ3) is 10.1. The molecule has 0 unspecified atom stereocenters. The molecule has 3 atom stereocenters. The van der Waals surface area contributed by atoms with Gasteiger partial charge < -0.3 is 24.2 Å². The number of halogens is 6. The van der Waals surface area contributed by atoms with Crippen LogP contribution in [-0.4, -0.2) is 78.3 Å². The summed E-state index contributed by atoms with van der Waals surface area (Å²) in [5, 5.41) is 0. The maximum Gasteiger partial charge on any atom is 0.416 e. The Labute approximate surface area is 323 Å². The van der Waals surface area contributed by atoms with Crippen LogP contribution in [0.2, 0.25) is 0 Å². The Kier molecular flexibility index (Phi) is 13.1. The fourth-order valence-electron chi connectivity index (χ4n) is 8.56. The second-order valence-electron chi connectivity index (χ2n) is 15.2. The summed E-state index contributed by atoms with van der Waals surface area (Å²) in [5.74, 6) is -0.130. The Bertz CT molecular complexity index is 1730. The first-order chi connectivity index (χ1) is 26.7. The number of methoxy groups -OCH3 is 1. The van der Waals surface area contributed by atoms with Crippen molar-refractivity contribution in [2.75, 3.05) is 43.2 Å². The summed E-state index contributed by atoms with van der Waals surface area (Å²) in [7, 11) is 1.37. The van der Waals surface area contributed by atoms with Crippen molar-refractivity contribution in [3.8, 4) is 0 Å². The molecular formula is C41H49F6N5O4. The lowest BCUT2D eigenvalue weighted by Gasteiger charge is -2.49. The Balaban J connectivity index is 1.35. The van der Waals surface area contributed by atoms with Gasteiger partial charge in [0.05, 0.1) is 49.5 Å². The van der Waals surface area contributed by atoms with E-state index in [0.29, 0.717) is 71.2 Å². The average molecular weight is 790 g/mol. The zero-order chi connectivity index (χ0) is 40.0. The van der Waals surface area contributed by atoms with E-state index in [-0.39, 0.29) is 59.9 Å². The molecular weight excluding hydrogens is 740 g/mol. The van der Waals surface area contributed by atoms with Crippen LogP contribution >= 0.6 is 0 Å². The highest BCUT2D eigenvalue weighted by Crippen LogP contribution is 2.40. The fourth-order valence-corrected chi connectivity index (χ4v) is 8.56. The number of benzene rings is 2. The largest absolute Gasteiger partial charge is 0.469 e. The number of carbonyl (C=O) groups excluding carboxylic acids is 2. The lowest BCUT2D eigenvalue weighted by molar-refractivity contribution is -0.146. The molecule has 0 radical (unpaired) electrons. The Hall–Kier alpha value is -4.40. The van der Waals surface area contributed by atoms with Crippen molar-refractivity contribution in [2.24, 2.45) is 11.8 Å². The van der Waals surface area contributed by atoms with E-state index in [4.69, 9.17) is 9.47 Å². The normalized spacial score (nSPS) is 23.5. The molecule has 3 heterocycles. The zero-order valence-electron chi connectivity index (χ0n) is 31.7. The van der Waals surface area contributed by atoms with Gasteiger partial charge in [-0.15, -0.1) is 0 Å². The van der Waals surface area contributed by atoms with E-state index in [0.717, 1.165) is 36.2 Å². The lowest BCUT2D eigenvalue weighted by Crippen LogP contribution is -2.59. The maximum atomic E-state index is 14.6. The topological polar surface area (TPSA) is 88.1 Å². The van der Waals surface area contributed by atoms with E-state index in [1.54, 1.807) is 17.3 Å². The van der Waals surface area contributed by atoms with Crippen LogP contribution in [0, 0.1) is 11.8 Å². The molecule has 0 spiro atoms. The van der Waals surface area contributed by atoms with Crippen molar-refractivity contribution in [1.29, 1.82) is 0 Å². The number of alkyl halides is 6. The smallest absolute Gasteiger partial charge is 0.416 e. The Morgan fingerprint density at radius 1 is 0.857 bits per heavy atom. The van der Waals surface area contributed by atoms with Crippen molar-refractivity contribution in [3.05, 3.63) is 83.2 Å². The second kappa shape index (κ2) is 17.8. The van der Waals surface area contributed by atoms with Gasteiger partial charge in [0.1, 0.15) is 0 Å². The van der Waals surface area contributed by atoms with E-state index in [9.17, 15) is 35.9 Å². The number of piperidine rings is 1. The molecule has 3 fully saturated rings. The number of carbonyl (C=O) groups is 2. The van der Waals surface area contributed by atoms with Crippen LogP contribution in [0.25, 0.3) is 0 Å². The summed E-state index contributed by atoms with van der Waals surface area (Å²) in [5.41, 5.74) is -1.23. The minimum atomic E-state index is -5.00. The first-order valence-corrected chi connectivity index (χ1v) is 19.4. The van der Waals surface area contributed by atoms with Crippen molar-refractivity contribution in [1.82, 2.24) is 14.9 Å². The molecule has 0 N–H and O–H groups in total. The number of hydrogen-bond donors (Lipinski definition) is 0. The van der Waals surface area contributed by atoms with Crippen LogP contribution in [-0.2, 0) is 44.4 Å². The molecule has 1 amide bonds. The molecule has 0 bridgehead atoms. The highest BCUT2D eigenvalue weighted by molar-refractivity contribution is 5.80. The Morgan fingerprint density at radius 2 is 1.46 bits per heavy atom. The molecule has 2 aromatic carbocycles. The van der Waals surface area contributed by atoms with Crippen LogP contribution < -0.4 is 9.80 Å². The molecule has 56 heavy (non-hydrogen) atoms. The number of nitrogens with zero attached hydrogens (tertiary/aromatic N) is 5. The number of morpholine rings is 1. The van der Waals surface area contributed by atoms with E-state index in [1.165, 1.54) is 7.11 Å². The molecule has 3 aromatic rings. The Morgan fingerprint density at radius 3 is 2.04 bits per heavy atom. The SMILES string of the molecule is CC[C@@H]1C[C@H](N(Cc2cc(C(F)(F)F)cc(C(F)(F)F)c2)c2ncc(N3CCOCC3)cn2)C[C@H](Cc2ccccc2)N1C(=O)C1CCC(CC(=O)OC)CC1. The van der Waals surface area contributed by atoms with Crippen LogP contribution in [0.1, 0.15) is 80.5 Å². The number of esters is 1. The minimum Gasteiger partial charge on any atom is -0.469 e. The van der Waals surface area contributed by atoms with Crippen molar-refractivity contribution in [3.63, 3.8) is 0 Å². The van der Waals surface area contributed by atoms with Gasteiger partial charge in [-0.25, -0.2) is 9.97 Å². The molecule has 9 nitrogen and oxygen atoms in total. The van der Waals surface area contributed by atoms with Crippen molar-refractivity contribution >= 4 is 23.5 Å². The van der Waals surface area contributed by atoms with Gasteiger partial charge >= 0.3 is 18.3 Å². The first-order valence-electron chi connectivity index (χ1n) is 19.4. The molecule has 2 aliphatic heterocycles. The molecule has 1 saturated carbocycles. The van der Waals surface area contributed by atoms with Gasteiger partial charge in [-0.05, 0) is 86.6 Å². The van der Waals surface area contributed by atoms with Crippen molar-refractivity contribution in [2.45, 2.75) is 102 Å². The van der Waals surface area contributed by atoms with Crippen LogP contribution in [0.3, 0.4) is 0 Å². The predicted octanol–water partition coefficient (Wildman–Crippen LogP) is 8.11. The summed E-state index contributed by atoms with van der Waals surface area (Å²) < 4.78 is 94.4. The summed E-state index contributed by atoms with van der Waals surface area (Å²) in [6, 6.07) is 10.3. The number of ether oxygens (including phenoxy) is 2. The summed E-state index contributed by atoms with van der Waals surface area (Å²) in [6.45, 7) is 3.96. The monoisotopic (exact) mass is 789 g/mol. The number of aromatic nitrogens is 2. The fraction of sp³-hybridized carbons (Fsp3) is 0.561. The summed E-state index contributed by atoms with van der Waals surface area (Å²) >= 11 is 0. The standard InChI is InChI=1S/C41H49F6N5O4/c1-3-33-22-34(23-35(19-27-7-5-4-6-8-27)52(33)38(54)30-11-9-28(10-12-30)20-37(53)55-2)51(39-48-24-36(25-49-39)50-13-15-56-16-14-50)26-29-17-31(40(42,43)44)21-32(18-29)41(45,46)47/h4-8,17-18,21,24-25,28,30,33-35H,3,9-16,19-20,22-23,26H2,1-2H3/t28?,30?,33-,34+,35+/m1/s1. The predicted molar refractivity (Wildman–Crippen MR) is 198 cm³/mol. The minimum absolute atomic E-state index is 0.0399.